The quantitative estimate of drug-likeness (QED) is 0.913. The number of rotatable bonds is 5. The zero-order valence-electron chi connectivity index (χ0n) is 13.6. The van der Waals surface area contributed by atoms with Gasteiger partial charge in [-0.1, -0.05) is 31.2 Å². The molecule has 1 saturated heterocycles. The summed E-state index contributed by atoms with van der Waals surface area (Å²) in [5.41, 5.74) is 3.17. The molecule has 5 heteroatoms. The summed E-state index contributed by atoms with van der Waals surface area (Å²) in [5.74, 6) is 0.413. The second-order valence-corrected chi connectivity index (χ2v) is 6.92. The maximum Gasteiger partial charge on any atom is 0.263 e. The first-order valence-electron chi connectivity index (χ1n) is 8.10. The number of amides is 1. The maximum absolute atomic E-state index is 12.4. The molecule has 0 radical (unpaired) electrons. The van der Waals surface area contributed by atoms with Gasteiger partial charge in [0.2, 0.25) is 0 Å². The predicted molar refractivity (Wildman–Crippen MR) is 92.9 cm³/mol. The smallest absolute Gasteiger partial charge is 0.263 e. The molecule has 1 atom stereocenters. The summed E-state index contributed by atoms with van der Waals surface area (Å²) in [4.78, 5) is 17.7. The molecule has 1 amide bonds. The molecule has 4 nitrogen and oxygen atoms in total. The minimum absolute atomic E-state index is 0.0247. The molecule has 2 aromatic rings. The number of benzene rings is 1. The van der Waals surface area contributed by atoms with Crippen LogP contribution in [-0.4, -0.2) is 30.6 Å². The minimum Gasteiger partial charge on any atom is -0.381 e. The Morgan fingerprint density at radius 3 is 2.83 bits per heavy atom. The van der Waals surface area contributed by atoms with Crippen LogP contribution in [0.15, 0.2) is 24.3 Å². The molecule has 1 aliphatic heterocycles. The molecular formula is C18H22N2O2S. The van der Waals surface area contributed by atoms with E-state index in [0.29, 0.717) is 17.3 Å². The Hall–Kier alpha value is -1.72. The van der Waals surface area contributed by atoms with Crippen molar-refractivity contribution < 1.29 is 9.53 Å². The molecule has 1 aliphatic rings. The number of aromatic nitrogens is 1. The van der Waals surface area contributed by atoms with E-state index in [0.717, 1.165) is 42.3 Å². The molecule has 1 aromatic heterocycles. The van der Waals surface area contributed by atoms with E-state index in [-0.39, 0.29) is 5.91 Å². The fourth-order valence-corrected chi connectivity index (χ4v) is 3.66. The minimum atomic E-state index is -0.0247. The second-order valence-electron chi connectivity index (χ2n) is 5.92. The van der Waals surface area contributed by atoms with E-state index in [1.165, 1.54) is 16.9 Å². The van der Waals surface area contributed by atoms with Crippen molar-refractivity contribution in [2.24, 2.45) is 5.92 Å². The van der Waals surface area contributed by atoms with E-state index in [1.54, 1.807) is 0 Å². The highest BCUT2D eigenvalue weighted by Crippen LogP contribution is 2.28. The summed E-state index contributed by atoms with van der Waals surface area (Å²) in [6, 6.07) is 8.39. The number of carbonyl (C=O) groups excluding carboxylic acids is 1. The number of nitrogens with one attached hydrogen (secondary N) is 1. The van der Waals surface area contributed by atoms with Crippen LogP contribution in [0.1, 0.15) is 34.3 Å². The van der Waals surface area contributed by atoms with Gasteiger partial charge >= 0.3 is 0 Å². The van der Waals surface area contributed by atoms with Crippen molar-refractivity contribution in [3.8, 4) is 10.6 Å². The van der Waals surface area contributed by atoms with Gasteiger partial charge < -0.3 is 10.1 Å². The highest BCUT2D eigenvalue weighted by molar-refractivity contribution is 7.17. The summed E-state index contributed by atoms with van der Waals surface area (Å²) in [6.45, 7) is 6.26. The van der Waals surface area contributed by atoms with E-state index in [4.69, 9.17) is 4.74 Å². The Morgan fingerprint density at radius 1 is 1.39 bits per heavy atom. The summed E-state index contributed by atoms with van der Waals surface area (Å²) in [7, 11) is 0. The summed E-state index contributed by atoms with van der Waals surface area (Å²) < 4.78 is 5.34. The predicted octanol–water partition coefficient (Wildman–Crippen LogP) is 3.45. The third-order valence-corrected chi connectivity index (χ3v) is 5.39. The van der Waals surface area contributed by atoms with Gasteiger partial charge in [0.25, 0.3) is 5.91 Å². The van der Waals surface area contributed by atoms with E-state index in [2.05, 4.69) is 41.5 Å². The van der Waals surface area contributed by atoms with Gasteiger partial charge in [-0.2, -0.15) is 0 Å². The van der Waals surface area contributed by atoms with Gasteiger partial charge in [0.05, 0.1) is 12.3 Å². The lowest BCUT2D eigenvalue weighted by atomic mass is 10.1. The number of aryl methyl sites for hydroxylation is 2. The standard InChI is InChI=1S/C18H22N2O2S/c1-3-13-4-6-15(7-5-13)18-20-12(2)16(23-18)17(21)19-10-14-8-9-22-11-14/h4-7,14H,3,8-11H2,1-2H3,(H,19,21)/t14-/m0/s1. The SMILES string of the molecule is CCc1ccc(-c2nc(C)c(C(=O)NC[C@@H]3CCOC3)s2)cc1. The van der Waals surface area contributed by atoms with Crippen LogP contribution in [0.2, 0.25) is 0 Å². The highest BCUT2D eigenvalue weighted by Gasteiger charge is 2.19. The summed E-state index contributed by atoms with van der Waals surface area (Å²) in [5, 5.41) is 3.92. The number of ether oxygens (including phenoxy) is 1. The van der Waals surface area contributed by atoms with Crippen molar-refractivity contribution in [1.29, 1.82) is 0 Å². The Kier molecular flexibility index (Phi) is 5.08. The van der Waals surface area contributed by atoms with Gasteiger partial charge in [0.15, 0.2) is 0 Å². The maximum atomic E-state index is 12.4. The Balaban J connectivity index is 1.70. The van der Waals surface area contributed by atoms with Crippen molar-refractivity contribution in [2.75, 3.05) is 19.8 Å². The van der Waals surface area contributed by atoms with Gasteiger partial charge in [0, 0.05) is 24.6 Å². The first kappa shape index (κ1) is 16.1. The Labute approximate surface area is 140 Å². The summed E-state index contributed by atoms with van der Waals surface area (Å²) >= 11 is 1.46. The largest absolute Gasteiger partial charge is 0.381 e. The van der Waals surface area contributed by atoms with Crippen molar-refractivity contribution in [1.82, 2.24) is 10.3 Å². The molecule has 0 bridgehead atoms. The number of hydrogen-bond donors (Lipinski definition) is 1. The molecule has 0 aliphatic carbocycles. The van der Waals surface area contributed by atoms with Crippen LogP contribution in [0.3, 0.4) is 0 Å². The molecular weight excluding hydrogens is 308 g/mol. The van der Waals surface area contributed by atoms with Crippen LogP contribution in [0.25, 0.3) is 10.6 Å². The summed E-state index contributed by atoms with van der Waals surface area (Å²) in [6.07, 6.45) is 2.05. The molecule has 1 fully saturated rings. The zero-order valence-corrected chi connectivity index (χ0v) is 14.4. The zero-order chi connectivity index (χ0) is 16.2. The van der Waals surface area contributed by atoms with Crippen molar-refractivity contribution in [3.63, 3.8) is 0 Å². The molecule has 2 heterocycles. The normalized spacial score (nSPS) is 17.4. The van der Waals surface area contributed by atoms with Gasteiger partial charge in [-0.15, -0.1) is 11.3 Å². The first-order valence-corrected chi connectivity index (χ1v) is 8.91. The molecule has 23 heavy (non-hydrogen) atoms. The van der Waals surface area contributed by atoms with Gasteiger partial charge in [-0.05, 0) is 25.3 Å². The van der Waals surface area contributed by atoms with E-state index < -0.39 is 0 Å². The number of nitrogens with zero attached hydrogens (tertiary/aromatic N) is 1. The fraction of sp³-hybridized carbons (Fsp3) is 0.444. The molecule has 1 aromatic carbocycles. The van der Waals surface area contributed by atoms with Crippen molar-refractivity contribution in [2.45, 2.75) is 26.7 Å². The van der Waals surface area contributed by atoms with Crippen LogP contribution in [0, 0.1) is 12.8 Å². The Morgan fingerprint density at radius 2 is 2.17 bits per heavy atom. The number of carbonyl (C=O) groups is 1. The lowest BCUT2D eigenvalue weighted by Gasteiger charge is -2.08. The highest BCUT2D eigenvalue weighted by atomic mass is 32.1. The fourth-order valence-electron chi connectivity index (χ4n) is 2.68. The number of thiazole rings is 1. The van der Waals surface area contributed by atoms with Crippen LogP contribution in [0.4, 0.5) is 0 Å². The van der Waals surface area contributed by atoms with Crippen molar-refractivity contribution >= 4 is 17.2 Å². The number of hydrogen-bond acceptors (Lipinski definition) is 4. The van der Waals surface area contributed by atoms with Crippen LogP contribution < -0.4 is 5.32 Å². The lowest BCUT2D eigenvalue weighted by molar-refractivity contribution is 0.0948. The third kappa shape index (κ3) is 3.79. The van der Waals surface area contributed by atoms with Crippen LogP contribution >= 0.6 is 11.3 Å². The van der Waals surface area contributed by atoms with Gasteiger partial charge in [-0.25, -0.2) is 4.98 Å². The average Bonchev–Trinajstić information content (AvgIpc) is 3.22. The molecule has 0 spiro atoms. The van der Waals surface area contributed by atoms with Crippen molar-refractivity contribution in [3.05, 3.63) is 40.4 Å². The second kappa shape index (κ2) is 7.23. The van der Waals surface area contributed by atoms with Crippen LogP contribution in [-0.2, 0) is 11.2 Å². The van der Waals surface area contributed by atoms with Gasteiger partial charge in [0.1, 0.15) is 9.88 Å². The first-order chi connectivity index (χ1) is 11.2. The van der Waals surface area contributed by atoms with E-state index in [9.17, 15) is 4.79 Å². The Bertz CT molecular complexity index is 673. The monoisotopic (exact) mass is 330 g/mol. The topological polar surface area (TPSA) is 51.2 Å². The lowest BCUT2D eigenvalue weighted by Crippen LogP contribution is -2.29. The van der Waals surface area contributed by atoms with E-state index >= 15 is 0 Å². The molecule has 3 rings (SSSR count). The molecule has 122 valence electrons. The third-order valence-electron chi connectivity index (χ3n) is 4.19. The molecule has 0 unspecified atom stereocenters. The van der Waals surface area contributed by atoms with Crippen LogP contribution in [0.5, 0.6) is 0 Å². The molecule has 0 saturated carbocycles. The van der Waals surface area contributed by atoms with Gasteiger partial charge in [-0.3, -0.25) is 4.79 Å². The van der Waals surface area contributed by atoms with E-state index in [1.807, 2.05) is 6.92 Å². The average molecular weight is 330 g/mol. The molecule has 1 N–H and O–H groups in total.